The molecule has 1 aliphatic heterocycles. The van der Waals surface area contributed by atoms with Crippen LogP contribution in [0.3, 0.4) is 0 Å². The molecule has 2 aromatic rings. The molecule has 0 saturated carbocycles. The van der Waals surface area contributed by atoms with Gasteiger partial charge in [0.1, 0.15) is 0 Å². The van der Waals surface area contributed by atoms with Gasteiger partial charge in [0.25, 0.3) is 0 Å². The summed E-state index contributed by atoms with van der Waals surface area (Å²) < 4.78 is 1.27. The van der Waals surface area contributed by atoms with Gasteiger partial charge in [0.15, 0.2) is 5.13 Å². The van der Waals surface area contributed by atoms with Gasteiger partial charge in [-0.2, -0.15) is 0 Å². The lowest BCUT2D eigenvalue weighted by atomic mass is 9.95. The van der Waals surface area contributed by atoms with Gasteiger partial charge in [-0.3, -0.25) is 0 Å². The Morgan fingerprint density at radius 3 is 3.00 bits per heavy atom. The Hall–Kier alpha value is -1.13. The highest BCUT2D eigenvalue weighted by atomic mass is 32.1. The number of aromatic nitrogens is 1. The Bertz CT molecular complexity index is 489. The molecule has 2 heterocycles. The van der Waals surface area contributed by atoms with Crippen LogP contribution in [0.1, 0.15) is 13.3 Å². The van der Waals surface area contributed by atoms with Gasteiger partial charge in [-0.15, -0.1) is 0 Å². The van der Waals surface area contributed by atoms with Gasteiger partial charge in [0, 0.05) is 19.1 Å². The third kappa shape index (κ3) is 2.03. The molecule has 90 valence electrons. The van der Waals surface area contributed by atoms with Crippen LogP contribution in [0.25, 0.3) is 10.2 Å². The summed E-state index contributed by atoms with van der Waals surface area (Å²) in [5, 5.41) is 1.14. The quantitative estimate of drug-likeness (QED) is 0.841. The lowest BCUT2D eigenvalue weighted by Gasteiger charge is -2.34. The van der Waals surface area contributed by atoms with Gasteiger partial charge in [0.2, 0.25) is 0 Å². The molecule has 4 heteroatoms. The van der Waals surface area contributed by atoms with Crippen LogP contribution < -0.4 is 10.6 Å². The number of benzene rings is 1. The Morgan fingerprint density at radius 2 is 2.24 bits per heavy atom. The average Bonchev–Trinajstić information content (AvgIpc) is 2.76. The van der Waals surface area contributed by atoms with Crippen molar-refractivity contribution in [2.75, 3.05) is 18.0 Å². The van der Waals surface area contributed by atoms with Crippen LogP contribution in [0, 0.1) is 5.92 Å². The first-order valence-corrected chi connectivity index (χ1v) is 6.92. The third-order valence-corrected chi connectivity index (χ3v) is 4.62. The second-order valence-corrected chi connectivity index (χ2v) is 5.85. The lowest BCUT2D eigenvalue weighted by Crippen LogP contribution is -2.45. The fraction of sp³-hybridized carbons (Fsp3) is 0.462. The van der Waals surface area contributed by atoms with Gasteiger partial charge >= 0.3 is 0 Å². The number of hydrogen-bond acceptors (Lipinski definition) is 4. The van der Waals surface area contributed by atoms with E-state index in [2.05, 4.69) is 30.0 Å². The van der Waals surface area contributed by atoms with Crippen LogP contribution >= 0.6 is 11.3 Å². The van der Waals surface area contributed by atoms with Crippen LogP contribution in [0.15, 0.2) is 24.3 Å². The zero-order valence-corrected chi connectivity index (χ0v) is 10.8. The molecule has 0 bridgehead atoms. The van der Waals surface area contributed by atoms with Crippen LogP contribution in [0.2, 0.25) is 0 Å². The molecule has 2 unspecified atom stereocenters. The molecule has 0 amide bonds. The standard InChI is InChI=1S/C13H17N3S/c1-9-8-16(7-6-10(9)14)13-15-11-4-2-3-5-12(11)17-13/h2-5,9-10H,6-8,14H2,1H3. The molecule has 3 rings (SSSR count). The molecule has 1 fully saturated rings. The van der Waals surface area contributed by atoms with Crippen LogP contribution in [-0.2, 0) is 0 Å². The first-order valence-electron chi connectivity index (χ1n) is 6.10. The number of piperidine rings is 1. The summed E-state index contributed by atoms with van der Waals surface area (Å²) >= 11 is 1.78. The molecule has 2 atom stereocenters. The zero-order chi connectivity index (χ0) is 11.8. The molecule has 2 N–H and O–H groups in total. The molecule has 0 aliphatic carbocycles. The molecule has 0 radical (unpaired) electrons. The van der Waals surface area contributed by atoms with Gasteiger partial charge in [-0.05, 0) is 24.5 Å². The minimum atomic E-state index is 0.348. The SMILES string of the molecule is CC1CN(c2nc3ccccc3s2)CCC1N. The Morgan fingerprint density at radius 1 is 1.41 bits per heavy atom. The van der Waals surface area contributed by atoms with Gasteiger partial charge < -0.3 is 10.6 Å². The van der Waals surface area contributed by atoms with E-state index in [1.165, 1.54) is 4.70 Å². The molecule has 3 nitrogen and oxygen atoms in total. The highest BCUT2D eigenvalue weighted by Gasteiger charge is 2.24. The summed E-state index contributed by atoms with van der Waals surface area (Å²) in [4.78, 5) is 7.07. The van der Waals surface area contributed by atoms with E-state index in [1.807, 2.05) is 6.07 Å². The van der Waals surface area contributed by atoms with Crippen LogP contribution in [0.4, 0.5) is 5.13 Å². The van der Waals surface area contributed by atoms with E-state index in [-0.39, 0.29) is 0 Å². The van der Waals surface area contributed by atoms with Crippen molar-refractivity contribution in [2.45, 2.75) is 19.4 Å². The first kappa shape index (κ1) is 11.0. The van der Waals surface area contributed by atoms with Crippen molar-refractivity contribution in [1.82, 2.24) is 4.98 Å². The van der Waals surface area contributed by atoms with Crippen molar-refractivity contribution in [3.8, 4) is 0 Å². The zero-order valence-electron chi connectivity index (χ0n) is 9.97. The van der Waals surface area contributed by atoms with E-state index in [0.717, 1.165) is 30.2 Å². The predicted octanol–water partition coefficient (Wildman–Crippen LogP) is 2.47. The molecule has 1 aromatic carbocycles. The first-order chi connectivity index (χ1) is 8.24. The molecule has 1 saturated heterocycles. The number of nitrogens with two attached hydrogens (primary N) is 1. The lowest BCUT2D eigenvalue weighted by molar-refractivity contribution is 0.383. The van der Waals surface area contributed by atoms with E-state index in [4.69, 9.17) is 10.7 Å². The normalized spacial score (nSPS) is 25.4. The number of hydrogen-bond donors (Lipinski definition) is 1. The molecular formula is C13H17N3S. The summed E-state index contributed by atoms with van der Waals surface area (Å²) in [5.41, 5.74) is 7.16. The van der Waals surface area contributed by atoms with Crippen molar-refractivity contribution >= 4 is 26.7 Å². The average molecular weight is 247 g/mol. The molecule has 1 aliphatic rings. The highest BCUT2D eigenvalue weighted by molar-refractivity contribution is 7.22. The number of nitrogens with zero attached hydrogens (tertiary/aromatic N) is 2. The maximum Gasteiger partial charge on any atom is 0.186 e. The molecule has 1 aromatic heterocycles. The minimum absolute atomic E-state index is 0.348. The van der Waals surface area contributed by atoms with Gasteiger partial charge in [-0.25, -0.2) is 4.98 Å². The van der Waals surface area contributed by atoms with E-state index in [0.29, 0.717) is 12.0 Å². The number of rotatable bonds is 1. The van der Waals surface area contributed by atoms with Crippen LogP contribution in [-0.4, -0.2) is 24.1 Å². The summed E-state index contributed by atoms with van der Waals surface area (Å²) in [6.07, 6.45) is 1.07. The number of thiazole rings is 1. The number of para-hydroxylation sites is 1. The highest BCUT2D eigenvalue weighted by Crippen LogP contribution is 2.30. The summed E-state index contributed by atoms with van der Waals surface area (Å²) in [7, 11) is 0. The minimum Gasteiger partial charge on any atom is -0.348 e. The van der Waals surface area contributed by atoms with Crippen molar-refractivity contribution < 1.29 is 0 Å². The maximum atomic E-state index is 6.05. The van der Waals surface area contributed by atoms with E-state index in [1.54, 1.807) is 11.3 Å². The number of fused-ring (bicyclic) bond motifs is 1. The summed E-state index contributed by atoms with van der Waals surface area (Å²) in [6, 6.07) is 8.67. The van der Waals surface area contributed by atoms with Crippen molar-refractivity contribution in [3.63, 3.8) is 0 Å². The van der Waals surface area contributed by atoms with Crippen molar-refractivity contribution in [3.05, 3.63) is 24.3 Å². The Balaban J connectivity index is 1.88. The van der Waals surface area contributed by atoms with E-state index >= 15 is 0 Å². The maximum absolute atomic E-state index is 6.05. The Labute approximate surface area is 105 Å². The predicted molar refractivity (Wildman–Crippen MR) is 73.6 cm³/mol. The second-order valence-electron chi connectivity index (χ2n) is 4.84. The summed E-state index contributed by atoms with van der Waals surface area (Å²) in [5.74, 6) is 0.552. The second kappa shape index (κ2) is 4.27. The monoisotopic (exact) mass is 247 g/mol. The number of anilines is 1. The fourth-order valence-electron chi connectivity index (χ4n) is 2.33. The largest absolute Gasteiger partial charge is 0.348 e. The van der Waals surface area contributed by atoms with Crippen molar-refractivity contribution in [2.24, 2.45) is 11.7 Å². The summed E-state index contributed by atoms with van der Waals surface area (Å²) in [6.45, 7) is 4.29. The van der Waals surface area contributed by atoms with Crippen molar-refractivity contribution in [1.29, 1.82) is 0 Å². The Kier molecular flexibility index (Phi) is 2.76. The topological polar surface area (TPSA) is 42.2 Å². The smallest absolute Gasteiger partial charge is 0.186 e. The van der Waals surface area contributed by atoms with E-state index in [9.17, 15) is 0 Å². The van der Waals surface area contributed by atoms with E-state index < -0.39 is 0 Å². The molecular weight excluding hydrogens is 230 g/mol. The molecule has 17 heavy (non-hydrogen) atoms. The molecule has 0 spiro atoms. The van der Waals surface area contributed by atoms with Gasteiger partial charge in [0.05, 0.1) is 10.2 Å². The van der Waals surface area contributed by atoms with Gasteiger partial charge in [-0.1, -0.05) is 30.4 Å². The van der Waals surface area contributed by atoms with Crippen LogP contribution in [0.5, 0.6) is 0 Å². The third-order valence-electron chi connectivity index (χ3n) is 3.52. The fourth-order valence-corrected chi connectivity index (χ4v) is 3.33.